The second kappa shape index (κ2) is 6.98. The molecule has 26 heavy (non-hydrogen) atoms. The van der Waals surface area contributed by atoms with Crippen molar-refractivity contribution in [2.75, 3.05) is 0 Å². The number of hydrogen-bond acceptors (Lipinski definition) is 5. The Kier molecular flexibility index (Phi) is 5.05. The van der Waals surface area contributed by atoms with Crippen LogP contribution >= 0.6 is 11.6 Å². The van der Waals surface area contributed by atoms with Gasteiger partial charge < -0.3 is 9.67 Å². The molecular weight excluding hydrogens is 380 g/mol. The lowest BCUT2D eigenvalue weighted by molar-refractivity contribution is -0.142. The minimum Gasteiger partial charge on any atom is -0.480 e. The Hall–Kier alpha value is -1.97. The first-order valence-corrected chi connectivity index (χ1v) is 9.99. The summed E-state index contributed by atoms with van der Waals surface area (Å²) in [6.07, 6.45) is 1.56. The van der Waals surface area contributed by atoms with Crippen molar-refractivity contribution in [2.24, 2.45) is 0 Å². The van der Waals surface area contributed by atoms with Crippen molar-refractivity contribution in [3.63, 3.8) is 0 Å². The number of aliphatic carboxylic acids is 1. The Balaban J connectivity index is 2.08. The minimum atomic E-state index is -4.12. The predicted molar refractivity (Wildman–Crippen MR) is 94.4 cm³/mol. The molecule has 1 aromatic carbocycles. The fourth-order valence-electron chi connectivity index (χ4n) is 3.06. The minimum absolute atomic E-state index is 0.0466. The molecule has 0 saturated heterocycles. The van der Waals surface area contributed by atoms with Crippen LogP contribution in [0.5, 0.6) is 0 Å². The van der Waals surface area contributed by atoms with Gasteiger partial charge in [-0.1, -0.05) is 31.0 Å². The maximum atomic E-state index is 13.2. The first-order valence-electron chi connectivity index (χ1n) is 8.17. The van der Waals surface area contributed by atoms with Crippen LogP contribution < -0.4 is 0 Å². The van der Waals surface area contributed by atoms with E-state index < -0.39 is 22.0 Å². The lowest BCUT2D eigenvalue weighted by Crippen LogP contribution is -2.50. The van der Waals surface area contributed by atoms with E-state index in [4.69, 9.17) is 11.6 Å². The van der Waals surface area contributed by atoms with Crippen molar-refractivity contribution in [1.29, 1.82) is 0 Å². The van der Waals surface area contributed by atoms with Crippen LogP contribution in [0.25, 0.3) is 0 Å². The fraction of sp³-hybridized carbons (Fsp3) is 0.438. The highest BCUT2D eigenvalue weighted by Crippen LogP contribution is 2.31. The van der Waals surface area contributed by atoms with Crippen molar-refractivity contribution in [1.82, 2.24) is 19.1 Å². The van der Waals surface area contributed by atoms with Crippen LogP contribution in [0.4, 0.5) is 0 Å². The molecule has 1 aliphatic heterocycles. The predicted octanol–water partition coefficient (Wildman–Crippen LogP) is 1.85. The number of nitrogens with zero attached hydrogens (tertiary/aromatic N) is 4. The van der Waals surface area contributed by atoms with Crippen LogP contribution in [0.2, 0.25) is 5.02 Å². The highest BCUT2D eigenvalue weighted by atomic mass is 35.5. The molecule has 1 atom stereocenters. The van der Waals surface area contributed by atoms with Crippen LogP contribution in [0.15, 0.2) is 23.1 Å². The molecule has 0 radical (unpaired) electrons. The maximum absolute atomic E-state index is 13.2. The van der Waals surface area contributed by atoms with Gasteiger partial charge in [-0.15, -0.1) is 10.2 Å². The lowest BCUT2D eigenvalue weighted by Gasteiger charge is -2.32. The van der Waals surface area contributed by atoms with Crippen molar-refractivity contribution in [2.45, 2.75) is 50.7 Å². The molecule has 3 rings (SSSR count). The van der Waals surface area contributed by atoms with E-state index in [-0.39, 0.29) is 23.0 Å². The first kappa shape index (κ1) is 18.8. The van der Waals surface area contributed by atoms with E-state index in [1.54, 1.807) is 17.6 Å². The summed E-state index contributed by atoms with van der Waals surface area (Å²) in [5.41, 5.74) is 0.832. The van der Waals surface area contributed by atoms with Crippen molar-refractivity contribution in [3.8, 4) is 0 Å². The first-order chi connectivity index (χ1) is 12.3. The van der Waals surface area contributed by atoms with E-state index in [0.29, 0.717) is 18.1 Å². The average molecular weight is 399 g/mol. The number of benzene rings is 1. The Morgan fingerprint density at radius 1 is 1.38 bits per heavy atom. The summed E-state index contributed by atoms with van der Waals surface area (Å²) < 4.78 is 29.0. The third-order valence-corrected chi connectivity index (χ3v) is 6.75. The molecule has 140 valence electrons. The number of carboxylic acid groups (broad SMARTS) is 1. The van der Waals surface area contributed by atoms with Crippen molar-refractivity contribution < 1.29 is 18.3 Å². The summed E-state index contributed by atoms with van der Waals surface area (Å²) in [5.74, 6) is -0.274. The van der Waals surface area contributed by atoms with Gasteiger partial charge in [0.05, 0.1) is 18.1 Å². The van der Waals surface area contributed by atoms with Gasteiger partial charge in [-0.2, -0.15) is 4.31 Å². The lowest BCUT2D eigenvalue weighted by atomic mass is 10.1. The van der Waals surface area contributed by atoms with Crippen molar-refractivity contribution >= 4 is 27.6 Å². The Morgan fingerprint density at radius 3 is 2.77 bits per heavy atom. The van der Waals surface area contributed by atoms with Crippen LogP contribution in [-0.2, 0) is 34.3 Å². The van der Waals surface area contributed by atoms with Gasteiger partial charge >= 0.3 is 5.97 Å². The Morgan fingerprint density at radius 2 is 2.12 bits per heavy atom. The molecule has 0 fully saturated rings. The second-order valence-electron chi connectivity index (χ2n) is 6.19. The number of rotatable bonds is 5. The summed E-state index contributed by atoms with van der Waals surface area (Å²) >= 11 is 6.15. The fourth-order valence-corrected chi connectivity index (χ4v) is 5.12. The van der Waals surface area contributed by atoms with E-state index >= 15 is 0 Å². The summed E-state index contributed by atoms with van der Waals surface area (Å²) in [7, 11) is -4.12. The number of halogens is 1. The van der Waals surface area contributed by atoms with Gasteiger partial charge in [-0.3, -0.25) is 4.79 Å². The quantitative estimate of drug-likeness (QED) is 0.823. The standard InChI is InChI=1S/C16H19ClN4O4S/c1-3-4-11-5-6-12(17)14(7-11)26(24,25)21-9-15-19-18-10(2)20(15)8-13(21)16(22)23/h5-7,13H,3-4,8-9H2,1-2H3,(H,22,23). The molecule has 0 aliphatic carbocycles. The van der Waals surface area contributed by atoms with Gasteiger partial charge in [-0.05, 0) is 31.0 Å². The average Bonchev–Trinajstić information content (AvgIpc) is 2.96. The molecule has 0 spiro atoms. The largest absolute Gasteiger partial charge is 0.480 e. The molecule has 10 heteroatoms. The number of hydrogen-bond donors (Lipinski definition) is 1. The van der Waals surface area contributed by atoms with E-state index in [2.05, 4.69) is 10.2 Å². The van der Waals surface area contributed by atoms with Gasteiger partial charge in [-0.25, -0.2) is 8.42 Å². The van der Waals surface area contributed by atoms with Crippen LogP contribution in [0.1, 0.15) is 30.6 Å². The monoisotopic (exact) mass is 398 g/mol. The Bertz CT molecular complexity index is 957. The third kappa shape index (κ3) is 3.22. The highest BCUT2D eigenvalue weighted by Gasteiger charge is 2.42. The molecule has 0 amide bonds. The number of sulfonamides is 1. The zero-order valence-corrected chi connectivity index (χ0v) is 16.0. The third-order valence-electron chi connectivity index (χ3n) is 4.42. The summed E-state index contributed by atoms with van der Waals surface area (Å²) in [5, 5.41) is 17.5. The second-order valence-corrected chi connectivity index (χ2v) is 8.46. The summed E-state index contributed by atoms with van der Waals surface area (Å²) in [4.78, 5) is 11.7. The van der Waals surface area contributed by atoms with E-state index in [1.807, 2.05) is 6.92 Å². The maximum Gasteiger partial charge on any atom is 0.323 e. The molecule has 2 heterocycles. The van der Waals surface area contributed by atoms with Crippen LogP contribution in [-0.4, -0.2) is 44.6 Å². The Labute approximate surface area is 156 Å². The normalized spacial score (nSPS) is 17.9. The molecule has 1 aliphatic rings. The highest BCUT2D eigenvalue weighted by molar-refractivity contribution is 7.89. The molecule has 8 nitrogen and oxygen atoms in total. The SMILES string of the molecule is CCCc1ccc(Cl)c(S(=O)(=O)N2Cc3nnc(C)n3CC2C(=O)O)c1. The molecule has 1 aromatic heterocycles. The summed E-state index contributed by atoms with van der Waals surface area (Å²) in [6.45, 7) is 3.47. The number of carbonyl (C=O) groups is 1. The zero-order chi connectivity index (χ0) is 19.1. The molecule has 2 aromatic rings. The van der Waals surface area contributed by atoms with E-state index in [1.165, 1.54) is 12.1 Å². The molecule has 1 N–H and O–H groups in total. The van der Waals surface area contributed by atoms with Gasteiger partial charge in [0.15, 0.2) is 0 Å². The van der Waals surface area contributed by atoms with Gasteiger partial charge in [0.25, 0.3) is 0 Å². The van der Waals surface area contributed by atoms with Gasteiger partial charge in [0.2, 0.25) is 10.0 Å². The smallest absolute Gasteiger partial charge is 0.323 e. The van der Waals surface area contributed by atoms with E-state index in [9.17, 15) is 18.3 Å². The topological polar surface area (TPSA) is 105 Å². The van der Waals surface area contributed by atoms with Crippen molar-refractivity contribution in [3.05, 3.63) is 40.4 Å². The van der Waals surface area contributed by atoms with Crippen LogP contribution in [0, 0.1) is 6.92 Å². The van der Waals surface area contributed by atoms with Gasteiger partial charge in [0.1, 0.15) is 22.6 Å². The summed E-state index contributed by atoms with van der Waals surface area (Å²) in [6, 6.07) is 3.57. The molecule has 0 saturated carbocycles. The number of carboxylic acids is 1. The molecular formula is C16H19ClN4O4S. The van der Waals surface area contributed by atoms with Gasteiger partial charge in [0, 0.05) is 0 Å². The molecule has 0 bridgehead atoms. The zero-order valence-electron chi connectivity index (χ0n) is 14.4. The number of aromatic nitrogens is 3. The molecule has 1 unspecified atom stereocenters. The van der Waals surface area contributed by atoms with E-state index in [0.717, 1.165) is 16.3 Å². The number of fused-ring (bicyclic) bond motifs is 1. The van der Waals surface area contributed by atoms with Crippen LogP contribution in [0.3, 0.4) is 0 Å². The number of aryl methyl sites for hydroxylation is 2.